The third-order valence-corrected chi connectivity index (χ3v) is 7.43. The molecule has 0 aromatic heterocycles. The average Bonchev–Trinajstić information content (AvgIpc) is 2.91. The van der Waals surface area contributed by atoms with Crippen LogP contribution in [0.4, 0.5) is 13.2 Å². The third-order valence-electron chi connectivity index (χ3n) is 7.43. The number of nitrogens with one attached hydrogen (secondary N) is 1. The molecule has 0 radical (unpaired) electrons. The first-order chi connectivity index (χ1) is 18.6. The van der Waals surface area contributed by atoms with E-state index in [2.05, 4.69) is 5.32 Å². The molecule has 4 rings (SSSR count). The smallest absolute Gasteiger partial charge is 0.416 e. The maximum atomic E-state index is 13.3. The van der Waals surface area contributed by atoms with Crippen molar-refractivity contribution in [1.29, 1.82) is 0 Å². The van der Waals surface area contributed by atoms with Crippen molar-refractivity contribution in [3.63, 3.8) is 0 Å². The van der Waals surface area contributed by atoms with Crippen molar-refractivity contribution in [2.24, 2.45) is 0 Å². The van der Waals surface area contributed by atoms with Gasteiger partial charge in [-0.2, -0.15) is 13.2 Å². The van der Waals surface area contributed by atoms with Gasteiger partial charge in [-0.1, -0.05) is 43.5 Å². The number of benzene rings is 2. The maximum absolute atomic E-state index is 13.3. The molecular formula is C30H33F3N2O4. The van der Waals surface area contributed by atoms with Crippen LogP contribution >= 0.6 is 0 Å². The van der Waals surface area contributed by atoms with Crippen LogP contribution in [0.5, 0.6) is 0 Å². The van der Waals surface area contributed by atoms with Crippen LogP contribution in [0.1, 0.15) is 85.3 Å². The summed E-state index contributed by atoms with van der Waals surface area (Å²) in [4.78, 5) is 40.6. The van der Waals surface area contributed by atoms with Crippen molar-refractivity contribution in [2.75, 3.05) is 6.61 Å². The van der Waals surface area contributed by atoms with Crippen LogP contribution in [0.2, 0.25) is 0 Å². The lowest BCUT2D eigenvalue weighted by molar-refractivity contribution is -0.140. The molecule has 1 aliphatic heterocycles. The first-order valence-corrected chi connectivity index (χ1v) is 13.3. The zero-order valence-electron chi connectivity index (χ0n) is 22.1. The zero-order valence-corrected chi connectivity index (χ0v) is 22.1. The molecule has 2 aliphatic rings. The van der Waals surface area contributed by atoms with Crippen molar-refractivity contribution in [3.8, 4) is 0 Å². The quantitative estimate of drug-likeness (QED) is 0.428. The summed E-state index contributed by atoms with van der Waals surface area (Å²) in [5, 5.41) is 3.10. The molecule has 2 amide bonds. The monoisotopic (exact) mass is 542 g/mol. The molecule has 1 atom stereocenters. The molecule has 6 nitrogen and oxygen atoms in total. The lowest BCUT2D eigenvalue weighted by atomic mass is 9.83. The van der Waals surface area contributed by atoms with Gasteiger partial charge in [0.1, 0.15) is 0 Å². The molecular weight excluding hydrogens is 509 g/mol. The van der Waals surface area contributed by atoms with Gasteiger partial charge in [-0.3, -0.25) is 9.59 Å². The van der Waals surface area contributed by atoms with Crippen LogP contribution in [-0.2, 0) is 27.0 Å². The minimum Gasteiger partial charge on any atom is -0.463 e. The minimum absolute atomic E-state index is 0.0985. The van der Waals surface area contributed by atoms with Crippen molar-refractivity contribution in [3.05, 3.63) is 82.1 Å². The number of ether oxygens (including phenoxy) is 1. The molecule has 1 unspecified atom stereocenters. The number of carbonyl (C=O) groups excluding carboxylic acids is 3. The zero-order chi connectivity index (χ0) is 28.2. The van der Waals surface area contributed by atoms with Crippen molar-refractivity contribution >= 4 is 17.8 Å². The summed E-state index contributed by atoms with van der Waals surface area (Å²) >= 11 is 0. The summed E-state index contributed by atoms with van der Waals surface area (Å²) < 4.78 is 44.5. The number of esters is 1. The van der Waals surface area contributed by atoms with Gasteiger partial charge in [0.05, 0.1) is 24.3 Å². The Hall–Kier alpha value is -3.62. The first-order valence-electron chi connectivity index (χ1n) is 13.3. The van der Waals surface area contributed by atoms with E-state index < -0.39 is 23.6 Å². The fraction of sp³-hybridized carbons (Fsp3) is 0.433. The number of nitrogens with zero attached hydrogens (tertiary/aromatic N) is 1. The summed E-state index contributed by atoms with van der Waals surface area (Å²) in [6.45, 7) is 3.55. The summed E-state index contributed by atoms with van der Waals surface area (Å²) in [7, 11) is 0. The van der Waals surface area contributed by atoms with Gasteiger partial charge in [0.25, 0.3) is 5.91 Å². The average molecular weight is 543 g/mol. The first kappa shape index (κ1) is 28.4. The molecule has 1 aliphatic carbocycles. The molecule has 0 spiro atoms. The topological polar surface area (TPSA) is 75.7 Å². The van der Waals surface area contributed by atoms with Gasteiger partial charge in [0.2, 0.25) is 5.91 Å². The Labute approximate surface area is 226 Å². The van der Waals surface area contributed by atoms with Crippen molar-refractivity contribution in [2.45, 2.75) is 77.1 Å². The number of allylic oxidation sites excluding steroid dienone is 1. The number of halogens is 3. The fourth-order valence-corrected chi connectivity index (χ4v) is 5.38. The third kappa shape index (κ3) is 6.69. The molecule has 1 N–H and O–H groups in total. The normalized spacial score (nSPS) is 18.7. The van der Waals surface area contributed by atoms with E-state index in [1.807, 2.05) is 6.07 Å². The van der Waals surface area contributed by atoms with E-state index in [1.165, 1.54) is 23.5 Å². The van der Waals surface area contributed by atoms with Gasteiger partial charge in [0.15, 0.2) is 0 Å². The highest BCUT2D eigenvalue weighted by Gasteiger charge is 2.38. The van der Waals surface area contributed by atoms with Gasteiger partial charge in [-0.25, -0.2) is 4.79 Å². The summed E-state index contributed by atoms with van der Waals surface area (Å²) in [6, 6.07) is 11.7. The molecule has 1 heterocycles. The Kier molecular flexibility index (Phi) is 8.77. The van der Waals surface area contributed by atoms with Crippen LogP contribution < -0.4 is 5.32 Å². The number of hydrogen-bond acceptors (Lipinski definition) is 4. The number of hydrogen-bond donors (Lipinski definition) is 1. The molecule has 208 valence electrons. The standard InChI is InChI=1S/C30H33F3N2O4/c1-3-39-29(38)27-19(2)35(26(36)17-25(27)21-12-14-23(15-13-21)30(31,32)33)18-20-8-7-9-22(16-20)28(37)34-24-10-5-4-6-11-24/h7-9,12-16,24-25H,3-6,10-11,17-18H2,1-2H3,(H,34,37). The number of carbonyl (C=O) groups is 3. The molecule has 0 bridgehead atoms. The van der Waals surface area contributed by atoms with E-state index in [0.29, 0.717) is 16.8 Å². The second kappa shape index (κ2) is 12.1. The lowest BCUT2D eigenvalue weighted by Gasteiger charge is -2.34. The number of amides is 2. The van der Waals surface area contributed by atoms with Crippen LogP contribution in [-0.4, -0.2) is 35.3 Å². The molecule has 1 saturated carbocycles. The van der Waals surface area contributed by atoms with Gasteiger partial charge < -0.3 is 15.0 Å². The van der Waals surface area contributed by atoms with Gasteiger partial charge in [-0.15, -0.1) is 0 Å². The van der Waals surface area contributed by atoms with E-state index >= 15 is 0 Å². The van der Waals surface area contributed by atoms with E-state index in [1.54, 1.807) is 32.0 Å². The Morgan fingerprint density at radius 1 is 1.05 bits per heavy atom. The Bertz CT molecular complexity index is 1250. The van der Waals surface area contributed by atoms with E-state index in [4.69, 9.17) is 4.74 Å². The number of rotatable bonds is 7. The van der Waals surface area contributed by atoms with Crippen LogP contribution in [0, 0.1) is 0 Å². The molecule has 9 heteroatoms. The van der Waals surface area contributed by atoms with Gasteiger partial charge >= 0.3 is 12.1 Å². The molecule has 1 fully saturated rings. The van der Waals surface area contributed by atoms with Crippen molar-refractivity contribution < 1.29 is 32.3 Å². The highest BCUT2D eigenvalue weighted by atomic mass is 19.4. The Balaban J connectivity index is 1.59. The maximum Gasteiger partial charge on any atom is 0.416 e. The van der Waals surface area contributed by atoms with E-state index in [9.17, 15) is 27.6 Å². The highest BCUT2D eigenvalue weighted by Crippen LogP contribution is 2.39. The summed E-state index contributed by atoms with van der Waals surface area (Å²) in [5.74, 6) is -1.78. The van der Waals surface area contributed by atoms with E-state index in [0.717, 1.165) is 43.4 Å². The predicted octanol–water partition coefficient (Wildman–Crippen LogP) is 6.12. The largest absolute Gasteiger partial charge is 0.463 e. The van der Waals surface area contributed by atoms with Crippen LogP contribution in [0.15, 0.2) is 59.8 Å². The van der Waals surface area contributed by atoms with E-state index in [-0.39, 0.29) is 43.0 Å². The van der Waals surface area contributed by atoms with Gasteiger partial charge in [-0.05, 0) is 62.1 Å². The fourth-order valence-electron chi connectivity index (χ4n) is 5.38. The SMILES string of the molecule is CCOC(=O)C1=C(C)N(Cc2cccc(C(=O)NC3CCCCC3)c2)C(=O)CC1c1ccc(C(F)(F)F)cc1. The van der Waals surface area contributed by atoms with Gasteiger partial charge in [0, 0.05) is 29.6 Å². The lowest BCUT2D eigenvalue weighted by Crippen LogP contribution is -2.38. The molecule has 2 aromatic rings. The van der Waals surface area contributed by atoms with Crippen LogP contribution in [0.25, 0.3) is 0 Å². The second-order valence-electron chi connectivity index (χ2n) is 10.1. The highest BCUT2D eigenvalue weighted by molar-refractivity contribution is 5.96. The van der Waals surface area contributed by atoms with Crippen LogP contribution in [0.3, 0.4) is 0 Å². The second-order valence-corrected chi connectivity index (χ2v) is 10.1. The Morgan fingerprint density at radius 3 is 2.38 bits per heavy atom. The minimum atomic E-state index is -4.49. The number of alkyl halides is 3. The molecule has 39 heavy (non-hydrogen) atoms. The molecule has 2 aromatic carbocycles. The summed E-state index contributed by atoms with van der Waals surface area (Å²) in [6.07, 6.45) is 0.733. The summed E-state index contributed by atoms with van der Waals surface area (Å²) in [5.41, 5.74) is 1.46. The van der Waals surface area contributed by atoms with Crippen molar-refractivity contribution in [1.82, 2.24) is 10.2 Å². The molecule has 0 saturated heterocycles. The Morgan fingerprint density at radius 2 is 1.74 bits per heavy atom. The predicted molar refractivity (Wildman–Crippen MR) is 139 cm³/mol.